The summed E-state index contributed by atoms with van der Waals surface area (Å²) in [5, 5.41) is 22.6. The second-order valence-electron chi connectivity index (χ2n) is 5.37. The van der Waals surface area contributed by atoms with Gasteiger partial charge < -0.3 is 20.4 Å². The van der Waals surface area contributed by atoms with Crippen molar-refractivity contribution in [1.82, 2.24) is 10.2 Å². The van der Waals surface area contributed by atoms with Crippen molar-refractivity contribution >= 4 is 29.2 Å². The molecule has 0 heterocycles. The molecule has 0 bridgehead atoms. The zero-order chi connectivity index (χ0) is 16.9. The number of urea groups is 1. The van der Waals surface area contributed by atoms with Crippen molar-refractivity contribution in [2.24, 2.45) is 0 Å². The van der Waals surface area contributed by atoms with Crippen LogP contribution in [0.2, 0.25) is 10.0 Å². The molecule has 0 saturated carbocycles. The third-order valence-corrected chi connectivity index (χ3v) is 3.86. The molecule has 22 heavy (non-hydrogen) atoms. The zero-order valence-corrected chi connectivity index (χ0v) is 14.4. The smallest absolute Gasteiger partial charge is 0.318 e. The van der Waals surface area contributed by atoms with E-state index in [4.69, 9.17) is 23.2 Å². The van der Waals surface area contributed by atoms with E-state index in [0.717, 1.165) is 0 Å². The van der Waals surface area contributed by atoms with Crippen LogP contribution in [-0.2, 0) is 0 Å². The fourth-order valence-corrected chi connectivity index (χ4v) is 2.50. The Morgan fingerprint density at radius 3 is 2.50 bits per heavy atom. The molecule has 1 aromatic carbocycles. The van der Waals surface area contributed by atoms with Crippen LogP contribution in [0.25, 0.3) is 0 Å². The van der Waals surface area contributed by atoms with E-state index in [0.29, 0.717) is 15.6 Å². The standard InChI is InChI=1S/C15H22Cl2N2O3/c1-9(8-20)19(7-10(2)21)15(22)18-11(3)13-6-12(16)4-5-14(13)17/h4-6,9-11,20-21H,7-8H2,1-3H3,(H,18,22)/t9-,10-,11-/m1/s1. The summed E-state index contributed by atoms with van der Waals surface area (Å²) in [6.45, 7) is 5.02. The number of hydrogen-bond donors (Lipinski definition) is 3. The molecule has 2 amide bonds. The maximum Gasteiger partial charge on any atom is 0.318 e. The number of aliphatic hydroxyl groups excluding tert-OH is 2. The number of amides is 2. The molecular weight excluding hydrogens is 327 g/mol. The van der Waals surface area contributed by atoms with Gasteiger partial charge in [-0.2, -0.15) is 0 Å². The van der Waals surface area contributed by atoms with E-state index in [-0.39, 0.29) is 25.2 Å². The van der Waals surface area contributed by atoms with Gasteiger partial charge in [0.1, 0.15) is 0 Å². The number of rotatable bonds is 6. The molecule has 1 rings (SSSR count). The number of aliphatic hydroxyl groups is 2. The Hall–Kier alpha value is -1.01. The Morgan fingerprint density at radius 2 is 1.95 bits per heavy atom. The van der Waals surface area contributed by atoms with Gasteiger partial charge in [0.2, 0.25) is 0 Å². The number of carbonyl (C=O) groups excluding carboxylic acids is 1. The van der Waals surface area contributed by atoms with Gasteiger partial charge in [-0.05, 0) is 44.5 Å². The van der Waals surface area contributed by atoms with E-state index < -0.39 is 12.1 Å². The van der Waals surface area contributed by atoms with Crippen molar-refractivity contribution in [2.45, 2.75) is 39.0 Å². The quantitative estimate of drug-likeness (QED) is 0.739. The van der Waals surface area contributed by atoms with Gasteiger partial charge in [0, 0.05) is 16.6 Å². The Morgan fingerprint density at radius 1 is 1.32 bits per heavy atom. The van der Waals surface area contributed by atoms with Crippen molar-refractivity contribution in [3.05, 3.63) is 33.8 Å². The largest absolute Gasteiger partial charge is 0.394 e. The number of nitrogens with zero attached hydrogens (tertiary/aromatic N) is 1. The van der Waals surface area contributed by atoms with Gasteiger partial charge in [-0.1, -0.05) is 23.2 Å². The molecule has 124 valence electrons. The summed E-state index contributed by atoms with van der Waals surface area (Å²) in [4.78, 5) is 13.8. The number of benzene rings is 1. The third kappa shape index (κ3) is 5.32. The van der Waals surface area contributed by atoms with Crippen LogP contribution in [0.5, 0.6) is 0 Å². The summed E-state index contributed by atoms with van der Waals surface area (Å²) < 4.78 is 0. The molecule has 0 fully saturated rings. The first-order chi connectivity index (χ1) is 10.3. The van der Waals surface area contributed by atoms with Crippen molar-refractivity contribution in [3.8, 4) is 0 Å². The average Bonchev–Trinajstić information content (AvgIpc) is 2.45. The first-order valence-electron chi connectivity index (χ1n) is 7.07. The molecule has 0 saturated heterocycles. The molecule has 0 aliphatic rings. The molecule has 0 unspecified atom stereocenters. The highest BCUT2D eigenvalue weighted by Crippen LogP contribution is 2.26. The molecular formula is C15H22Cl2N2O3. The Labute approximate surface area is 140 Å². The minimum Gasteiger partial charge on any atom is -0.394 e. The van der Waals surface area contributed by atoms with Crippen molar-refractivity contribution in [1.29, 1.82) is 0 Å². The maximum atomic E-state index is 12.4. The number of halogens is 2. The van der Waals surface area contributed by atoms with E-state index in [1.54, 1.807) is 39.0 Å². The summed E-state index contributed by atoms with van der Waals surface area (Å²) in [7, 11) is 0. The van der Waals surface area contributed by atoms with E-state index in [2.05, 4.69) is 5.32 Å². The first-order valence-corrected chi connectivity index (χ1v) is 7.82. The van der Waals surface area contributed by atoms with Crippen LogP contribution in [0.1, 0.15) is 32.4 Å². The third-order valence-electron chi connectivity index (χ3n) is 3.28. The molecule has 5 nitrogen and oxygen atoms in total. The zero-order valence-electron chi connectivity index (χ0n) is 12.9. The maximum absolute atomic E-state index is 12.4. The first kappa shape index (κ1) is 19.0. The van der Waals surface area contributed by atoms with Crippen molar-refractivity contribution in [2.75, 3.05) is 13.2 Å². The summed E-state index contributed by atoms with van der Waals surface area (Å²) in [6.07, 6.45) is -0.690. The van der Waals surface area contributed by atoms with E-state index in [9.17, 15) is 15.0 Å². The van der Waals surface area contributed by atoms with Crippen LogP contribution < -0.4 is 5.32 Å². The molecule has 7 heteroatoms. The van der Waals surface area contributed by atoms with Gasteiger partial charge in [-0.3, -0.25) is 0 Å². The van der Waals surface area contributed by atoms with E-state index >= 15 is 0 Å². The SMILES string of the molecule is C[C@H](CO)N(C[C@@H](C)O)C(=O)N[C@H](C)c1cc(Cl)ccc1Cl. The summed E-state index contributed by atoms with van der Waals surface area (Å²) in [5.74, 6) is 0. The normalized spacial score (nSPS) is 15.0. The summed E-state index contributed by atoms with van der Waals surface area (Å²) >= 11 is 12.1. The summed E-state index contributed by atoms with van der Waals surface area (Å²) in [5.41, 5.74) is 0.705. The monoisotopic (exact) mass is 348 g/mol. The molecule has 0 aliphatic heterocycles. The highest BCUT2D eigenvalue weighted by Gasteiger charge is 2.23. The number of carbonyl (C=O) groups is 1. The molecule has 0 aliphatic carbocycles. The number of hydrogen-bond acceptors (Lipinski definition) is 3. The van der Waals surface area contributed by atoms with Gasteiger partial charge >= 0.3 is 6.03 Å². The van der Waals surface area contributed by atoms with Crippen LogP contribution in [0, 0.1) is 0 Å². The molecule has 0 spiro atoms. The minimum atomic E-state index is -0.690. The van der Waals surface area contributed by atoms with Gasteiger partial charge in [0.05, 0.1) is 24.8 Å². The second kappa shape index (κ2) is 8.58. The Bertz CT molecular complexity index is 512. The van der Waals surface area contributed by atoms with E-state index in [1.165, 1.54) is 4.90 Å². The predicted molar refractivity (Wildman–Crippen MR) is 88.3 cm³/mol. The second-order valence-corrected chi connectivity index (χ2v) is 6.21. The fourth-order valence-electron chi connectivity index (χ4n) is 2.04. The van der Waals surface area contributed by atoms with Crippen LogP contribution in [0.3, 0.4) is 0 Å². The van der Waals surface area contributed by atoms with E-state index in [1.807, 2.05) is 0 Å². The summed E-state index contributed by atoms with van der Waals surface area (Å²) in [6, 6.07) is 3.90. The topological polar surface area (TPSA) is 72.8 Å². The van der Waals surface area contributed by atoms with Crippen LogP contribution in [0.4, 0.5) is 4.79 Å². The molecule has 0 aromatic heterocycles. The Balaban J connectivity index is 2.85. The lowest BCUT2D eigenvalue weighted by Crippen LogP contribution is -2.49. The van der Waals surface area contributed by atoms with Gasteiger partial charge in [-0.25, -0.2) is 4.79 Å². The molecule has 3 atom stereocenters. The van der Waals surface area contributed by atoms with Crippen LogP contribution in [0.15, 0.2) is 18.2 Å². The Kier molecular flexibility index (Phi) is 7.42. The molecule has 3 N–H and O–H groups in total. The lowest BCUT2D eigenvalue weighted by Gasteiger charge is -2.30. The lowest BCUT2D eigenvalue weighted by atomic mass is 10.1. The van der Waals surface area contributed by atoms with Crippen molar-refractivity contribution < 1.29 is 15.0 Å². The molecule has 0 radical (unpaired) electrons. The number of nitrogens with one attached hydrogen (secondary N) is 1. The fraction of sp³-hybridized carbons (Fsp3) is 0.533. The highest BCUT2D eigenvalue weighted by atomic mass is 35.5. The highest BCUT2D eigenvalue weighted by molar-refractivity contribution is 6.33. The minimum absolute atomic E-state index is 0.129. The van der Waals surface area contributed by atoms with Gasteiger partial charge in [0.25, 0.3) is 0 Å². The van der Waals surface area contributed by atoms with Crippen LogP contribution >= 0.6 is 23.2 Å². The molecule has 1 aromatic rings. The van der Waals surface area contributed by atoms with Gasteiger partial charge in [0.15, 0.2) is 0 Å². The van der Waals surface area contributed by atoms with Crippen molar-refractivity contribution in [3.63, 3.8) is 0 Å². The lowest BCUT2D eigenvalue weighted by molar-refractivity contribution is 0.0926. The van der Waals surface area contributed by atoms with Gasteiger partial charge in [-0.15, -0.1) is 0 Å². The predicted octanol–water partition coefficient (Wildman–Crippen LogP) is 2.83. The average molecular weight is 349 g/mol. The van der Waals surface area contributed by atoms with Crippen LogP contribution in [-0.4, -0.2) is 46.4 Å².